The highest BCUT2D eigenvalue weighted by atomic mass is 19.1. The van der Waals surface area contributed by atoms with Gasteiger partial charge in [-0.25, -0.2) is 4.39 Å². The Labute approximate surface area is 119 Å². The maximum Gasteiger partial charge on any atom is 0.123 e. The Hall–Kier alpha value is -0.970. The van der Waals surface area contributed by atoms with E-state index in [4.69, 9.17) is 0 Å². The molecule has 3 nitrogen and oxygen atoms in total. The van der Waals surface area contributed by atoms with Crippen LogP contribution in [0.4, 0.5) is 4.39 Å². The lowest BCUT2D eigenvalue weighted by atomic mass is 9.99. The van der Waals surface area contributed by atoms with Crippen LogP contribution in [-0.4, -0.2) is 55.1 Å². The maximum absolute atomic E-state index is 13.3. The number of nitrogens with zero attached hydrogens (tertiary/aromatic N) is 2. The molecule has 0 saturated carbocycles. The first-order chi connectivity index (χ1) is 9.81. The Morgan fingerprint density at radius 2 is 1.90 bits per heavy atom. The van der Waals surface area contributed by atoms with E-state index in [1.165, 1.54) is 37.3 Å². The number of aryl methyl sites for hydroxylation is 1. The zero-order valence-electron chi connectivity index (χ0n) is 11.8. The van der Waals surface area contributed by atoms with Gasteiger partial charge < -0.3 is 5.32 Å². The summed E-state index contributed by atoms with van der Waals surface area (Å²) in [5.74, 6) is -0.0910. The van der Waals surface area contributed by atoms with Crippen LogP contribution in [0.25, 0.3) is 0 Å². The number of hydrogen-bond donors (Lipinski definition) is 1. The third-order valence-corrected chi connectivity index (χ3v) is 5.15. The van der Waals surface area contributed by atoms with E-state index in [-0.39, 0.29) is 5.82 Å². The van der Waals surface area contributed by atoms with Crippen LogP contribution < -0.4 is 5.32 Å². The second kappa shape index (κ2) is 5.10. The van der Waals surface area contributed by atoms with Crippen LogP contribution in [0.1, 0.15) is 23.6 Å². The third-order valence-electron chi connectivity index (χ3n) is 5.15. The minimum Gasteiger partial charge on any atom is -0.314 e. The van der Waals surface area contributed by atoms with Gasteiger partial charge in [0.2, 0.25) is 0 Å². The van der Waals surface area contributed by atoms with E-state index < -0.39 is 0 Å². The Bertz CT molecular complexity index is 492. The summed E-state index contributed by atoms with van der Waals surface area (Å²) in [4.78, 5) is 5.20. The molecular weight excluding hydrogens is 253 g/mol. The lowest BCUT2D eigenvalue weighted by molar-refractivity contribution is -0.000815. The van der Waals surface area contributed by atoms with Crippen molar-refractivity contribution in [1.29, 1.82) is 0 Å². The van der Waals surface area contributed by atoms with Crippen molar-refractivity contribution in [3.63, 3.8) is 0 Å². The molecule has 1 atom stereocenters. The molecule has 2 heterocycles. The molecule has 1 N–H and O–H groups in total. The van der Waals surface area contributed by atoms with Crippen LogP contribution in [0.2, 0.25) is 0 Å². The monoisotopic (exact) mass is 275 g/mol. The molecule has 1 unspecified atom stereocenters. The zero-order valence-corrected chi connectivity index (χ0v) is 11.8. The second-order valence-corrected chi connectivity index (χ2v) is 6.29. The minimum absolute atomic E-state index is 0.0910. The van der Waals surface area contributed by atoms with E-state index in [0.717, 1.165) is 32.0 Å². The number of fused-ring (bicyclic) bond motifs is 1. The van der Waals surface area contributed by atoms with Crippen molar-refractivity contribution < 1.29 is 4.39 Å². The molecule has 108 valence electrons. The highest BCUT2D eigenvalue weighted by Gasteiger charge is 2.38. The fourth-order valence-corrected chi connectivity index (χ4v) is 3.96. The van der Waals surface area contributed by atoms with Gasteiger partial charge in [0.05, 0.1) is 0 Å². The maximum atomic E-state index is 13.3. The van der Waals surface area contributed by atoms with E-state index in [0.29, 0.717) is 6.04 Å². The number of hydrogen-bond acceptors (Lipinski definition) is 3. The largest absolute Gasteiger partial charge is 0.314 e. The van der Waals surface area contributed by atoms with Crippen LogP contribution >= 0.6 is 0 Å². The topological polar surface area (TPSA) is 18.5 Å². The summed E-state index contributed by atoms with van der Waals surface area (Å²) in [7, 11) is 0. The van der Waals surface area contributed by atoms with Crippen molar-refractivity contribution in [2.24, 2.45) is 0 Å². The molecular formula is C16H22FN3. The van der Waals surface area contributed by atoms with Crippen molar-refractivity contribution in [1.82, 2.24) is 15.1 Å². The predicted octanol–water partition coefficient (Wildman–Crippen LogP) is 1.40. The van der Waals surface area contributed by atoms with Gasteiger partial charge >= 0.3 is 0 Å². The van der Waals surface area contributed by atoms with Gasteiger partial charge in [-0.3, -0.25) is 9.80 Å². The number of benzene rings is 1. The van der Waals surface area contributed by atoms with E-state index in [1.807, 2.05) is 6.07 Å². The van der Waals surface area contributed by atoms with Gasteiger partial charge in [-0.05, 0) is 36.1 Å². The fourth-order valence-electron chi connectivity index (χ4n) is 3.96. The highest BCUT2D eigenvalue weighted by Crippen LogP contribution is 2.39. The third kappa shape index (κ3) is 2.16. The zero-order chi connectivity index (χ0) is 13.5. The SMILES string of the molecule is Fc1ccc2c(c1)CCC2N1CC(N2CCNCC2)C1. The Morgan fingerprint density at radius 1 is 1.10 bits per heavy atom. The van der Waals surface area contributed by atoms with E-state index in [9.17, 15) is 4.39 Å². The molecule has 0 bridgehead atoms. The summed E-state index contributed by atoms with van der Waals surface area (Å²) >= 11 is 0. The molecule has 4 rings (SSSR count). The fraction of sp³-hybridized carbons (Fsp3) is 0.625. The number of nitrogens with one attached hydrogen (secondary N) is 1. The van der Waals surface area contributed by atoms with Crippen LogP contribution in [0.15, 0.2) is 18.2 Å². The normalized spacial score (nSPS) is 28.4. The molecule has 2 fully saturated rings. The van der Waals surface area contributed by atoms with Crippen molar-refractivity contribution >= 4 is 0 Å². The quantitative estimate of drug-likeness (QED) is 0.880. The molecule has 0 amide bonds. The molecule has 4 heteroatoms. The molecule has 0 spiro atoms. The van der Waals surface area contributed by atoms with Crippen LogP contribution in [0.3, 0.4) is 0 Å². The minimum atomic E-state index is -0.0910. The van der Waals surface area contributed by atoms with Crippen LogP contribution in [0.5, 0.6) is 0 Å². The van der Waals surface area contributed by atoms with Gasteiger partial charge in [0, 0.05) is 51.4 Å². The van der Waals surface area contributed by atoms with Gasteiger partial charge in [0.25, 0.3) is 0 Å². The summed E-state index contributed by atoms with van der Waals surface area (Å²) in [5.41, 5.74) is 2.59. The average Bonchev–Trinajstić information content (AvgIpc) is 2.81. The van der Waals surface area contributed by atoms with Crippen LogP contribution in [0, 0.1) is 5.82 Å². The predicted molar refractivity (Wildman–Crippen MR) is 77.3 cm³/mol. The van der Waals surface area contributed by atoms with Gasteiger partial charge in [0.15, 0.2) is 0 Å². The highest BCUT2D eigenvalue weighted by molar-refractivity contribution is 5.35. The van der Waals surface area contributed by atoms with Crippen molar-refractivity contribution in [2.45, 2.75) is 24.9 Å². The second-order valence-electron chi connectivity index (χ2n) is 6.29. The first-order valence-electron chi connectivity index (χ1n) is 7.78. The van der Waals surface area contributed by atoms with Crippen molar-refractivity contribution in [3.05, 3.63) is 35.1 Å². The first-order valence-corrected chi connectivity index (χ1v) is 7.78. The number of rotatable bonds is 2. The lowest BCUT2D eigenvalue weighted by Gasteiger charge is -2.49. The smallest absolute Gasteiger partial charge is 0.123 e. The molecule has 0 aromatic heterocycles. The van der Waals surface area contributed by atoms with Gasteiger partial charge in [-0.15, -0.1) is 0 Å². The molecule has 20 heavy (non-hydrogen) atoms. The van der Waals surface area contributed by atoms with E-state index >= 15 is 0 Å². The average molecular weight is 275 g/mol. The van der Waals surface area contributed by atoms with Gasteiger partial charge in [-0.1, -0.05) is 6.07 Å². The summed E-state index contributed by atoms with van der Waals surface area (Å²) < 4.78 is 13.3. The molecule has 2 saturated heterocycles. The van der Waals surface area contributed by atoms with Crippen LogP contribution in [-0.2, 0) is 6.42 Å². The summed E-state index contributed by atoms with van der Waals surface area (Å²) in [5, 5.41) is 3.41. The lowest BCUT2D eigenvalue weighted by Crippen LogP contribution is -2.63. The molecule has 0 radical (unpaired) electrons. The first kappa shape index (κ1) is 12.7. The summed E-state index contributed by atoms with van der Waals surface area (Å²) in [6.07, 6.45) is 2.19. The van der Waals surface area contributed by atoms with Gasteiger partial charge in [-0.2, -0.15) is 0 Å². The number of piperazine rings is 1. The molecule has 1 aliphatic carbocycles. The summed E-state index contributed by atoms with van der Waals surface area (Å²) in [6, 6.07) is 6.61. The number of likely N-dealkylation sites (tertiary alicyclic amines) is 1. The Kier molecular flexibility index (Phi) is 3.25. The van der Waals surface area contributed by atoms with E-state index in [1.54, 1.807) is 12.1 Å². The summed E-state index contributed by atoms with van der Waals surface area (Å²) in [6.45, 7) is 6.99. The Morgan fingerprint density at radius 3 is 2.70 bits per heavy atom. The molecule has 1 aromatic carbocycles. The Balaban J connectivity index is 1.40. The van der Waals surface area contributed by atoms with E-state index in [2.05, 4.69) is 15.1 Å². The standard InChI is InChI=1S/C16H22FN3/c17-13-2-3-15-12(9-13)1-4-16(15)20-10-14(11-20)19-7-5-18-6-8-19/h2-3,9,14,16,18H,1,4-8,10-11H2. The molecule has 2 aliphatic heterocycles. The number of halogens is 1. The molecule has 3 aliphatic rings. The van der Waals surface area contributed by atoms with Gasteiger partial charge in [0.1, 0.15) is 5.82 Å². The molecule has 1 aromatic rings. The van der Waals surface area contributed by atoms with Crippen molar-refractivity contribution in [2.75, 3.05) is 39.3 Å². The van der Waals surface area contributed by atoms with Crippen molar-refractivity contribution in [3.8, 4) is 0 Å².